The quantitative estimate of drug-likeness (QED) is 0.158. The van der Waals surface area contributed by atoms with E-state index < -0.39 is 42.0 Å². The van der Waals surface area contributed by atoms with Crippen LogP contribution in [0.4, 0.5) is 18.0 Å². The molecule has 0 aliphatic heterocycles. The number of alkyl halides is 3. The van der Waals surface area contributed by atoms with Crippen LogP contribution in [0.1, 0.15) is 30.0 Å². The van der Waals surface area contributed by atoms with Gasteiger partial charge in [0.25, 0.3) is 0 Å². The Hall–Kier alpha value is -5.11. The van der Waals surface area contributed by atoms with Gasteiger partial charge >= 0.3 is 24.1 Å². The molecular formula is C31H32ClF3N4O7. The monoisotopic (exact) mass is 664 g/mol. The molecule has 3 rings (SSSR count). The lowest BCUT2D eigenvalue weighted by molar-refractivity contribution is -0.192. The molecule has 11 nitrogen and oxygen atoms in total. The van der Waals surface area contributed by atoms with Crippen LogP contribution in [0.5, 0.6) is 0 Å². The van der Waals surface area contributed by atoms with Crippen molar-refractivity contribution < 1.29 is 47.4 Å². The molecule has 1 atom stereocenters. The number of carboxylic acid groups (broad SMARTS) is 2. The predicted octanol–water partition coefficient (Wildman–Crippen LogP) is 4.32. The third-order valence-corrected chi connectivity index (χ3v) is 6.28. The van der Waals surface area contributed by atoms with Crippen molar-refractivity contribution in [1.29, 1.82) is 0 Å². The van der Waals surface area contributed by atoms with Crippen molar-refractivity contribution in [2.75, 3.05) is 19.6 Å². The van der Waals surface area contributed by atoms with Crippen LogP contribution in [-0.2, 0) is 25.6 Å². The minimum Gasteiger partial charge on any atom is -0.481 e. The number of aliphatic carboxylic acids is 2. The maximum atomic E-state index is 12.4. The lowest BCUT2D eigenvalue weighted by atomic mass is 9.99. The van der Waals surface area contributed by atoms with Gasteiger partial charge < -0.3 is 31.5 Å². The van der Waals surface area contributed by atoms with Gasteiger partial charge in [0.1, 0.15) is 0 Å². The van der Waals surface area contributed by atoms with Gasteiger partial charge in [-0.25, -0.2) is 9.59 Å². The van der Waals surface area contributed by atoms with Crippen LogP contribution in [0.25, 0.3) is 11.1 Å². The lowest BCUT2D eigenvalue weighted by Gasteiger charge is -2.18. The zero-order valence-corrected chi connectivity index (χ0v) is 25.0. The van der Waals surface area contributed by atoms with Gasteiger partial charge in [-0.15, -0.1) is 0 Å². The van der Waals surface area contributed by atoms with Gasteiger partial charge in [-0.2, -0.15) is 13.2 Å². The van der Waals surface area contributed by atoms with E-state index in [1.807, 2.05) is 60.7 Å². The third-order valence-electron chi connectivity index (χ3n) is 6.05. The Labute approximate surface area is 267 Å². The summed E-state index contributed by atoms with van der Waals surface area (Å²) >= 11 is 5.94. The van der Waals surface area contributed by atoms with Crippen LogP contribution in [0, 0.1) is 0 Å². The summed E-state index contributed by atoms with van der Waals surface area (Å²) in [6.07, 6.45) is -4.79. The highest BCUT2D eigenvalue weighted by Crippen LogP contribution is 2.23. The fraction of sp³-hybridized carbons (Fsp3) is 0.258. The molecule has 15 heteroatoms. The number of hydrogen-bond acceptors (Lipinski definition) is 5. The Kier molecular flexibility index (Phi) is 15.0. The molecule has 0 heterocycles. The number of carbonyl (C=O) groups excluding carboxylic acids is 3. The minimum atomic E-state index is -5.08. The molecule has 46 heavy (non-hydrogen) atoms. The maximum absolute atomic E-state index is 12.4. The third kappa shape index (κ3) is 14.6. The molecule has 3 aromatic carbocycles. The summed E-state index contributed by atoms with van der Waals surface area (Å²) in [7, 11) is 0. The minimum absolute atomic E-state index is 0.0193. The van der Waals surface area contributed by atoms with Crippen LogP contribution >= 0.6 is 11.6 Å². The topological polar surface area (TPSA) is 174 Å². The van der Waals surface area contributed by atoms with E-state index in [1.165, 1.54) is 0 Å². The van der Waals surface area contributed by atoms with Crippen LogP contribution in [0.2, 0.25) is 5.02 Å². The summed E-state index contributed by atoms with van der Waals surface area (Å²) in [5, 5.41) is 27.5. The highest BCUT2D eigenvalue weighted by Gasteiger charge is 2.38. The number of benzene rings is 3. The molecule has 0 spiro atoms. The van der Waals surface area contributed by atoms with Gasteiger partial charge in [-0.1, -0.05) is 78.3 Å². The lowest BCUT2D eigenvalue weighted by Crippen LogP contribution is -2.41. The first-order chi connectivity index (χ1) is 21.7. The molecule has 6 N–H and O–H groups in total. The number of hydrogen-bond donors (Lipinski definition) is 6. The second-order valence-corrected chi connectivity index (χ2v) is 10.0. The average molecular weight is 665 g/mol. The number of amides is 4. The molecule has 246 valence electrons. The highest BCUT2D eigenvalue weighted by atomic mass is 35.5. The normalized spacial score (nSPS) is 11.2. The smallest absolute Gasteiger partial charge is 0.481 e. The zero-order valence-electron chi connectivity index (χ0n) is 24.3. The summed E-state index contributed by atoms with van der Waals surface area (Å²) in [6, 6.07) is 23.2. The summed E-state index contributed by atoms with van der Waals surface area (Å²) in [6.45, 7) is 0.180. The summed E-state index contributed by atoms with van der Waals surface area (Å²) in [4.78, 5) is 56.7. The molecule has 0 aliphatic rings. The Balaban J connectivity index is 0.000000942. The van der Waals surface area contributed by atoms with Crippen LogP contribution in [0.3, 0.4) is 0 Å². The van der Waals surface area contributed by atoms with Crippen molar-refractivity contribution in [3.8, 4) is 11.1 Å². The van der Waals surface area contributed by atoms with E-state index in [0.29, 0.717) is 23.6 Å². The van der Waals surface area contributed by atoms with Crippen molar-refractivity contribution in [1.82, 2.24) is 21.3 Å². The Morgan fingerprint density at radius 3 is 1.96 bits per heavy atom. The van der Waals surface area contributed by atoms with E-state index in [-0.39, 0.29) is 25.9 Å². The largest absolute Gasteiger partial charge is 0.490 e. The van der Waals surface area contributed by atoms with E-state index in [9.17, 15) is 37.5 Å². The summed E-state index contributed by atoms with van der Waals surface area (Å²) in [5.74, 6) is -4.76. The number of carbonyl (C=O) groups is 5. The molecule has 0 radical (unpaired) electrons. The van der Waals surface area contributed by atoms with E-state index in [1.54, 1.807) is 18.2 Å². The number of rotatable bonds is 13. The molecule has 0 bridgehead atoms. The molecule has 0 aromatic heterocycles. The van der Waals surface area contributed by atoms with Crippen molar-refractivity contribution in [2.45, 2.75) is 31.5 Å². The van der Waals surface area contributed by atoms with E-state index in [0.717, 1.165) is 16.7 Å². The highest BCUT2D eigenvalue weighted by molar-refractivity contribution is 6.30. The average Bonchev–Trinajstić information content (AvgIpc) is 3.00. The number of nitrogens with one attached hydrogen (secondary N) is 4. The van der Waals surface area contributed by atoms with Crippen molar-refractivity contribution in [3.05, 3.63) is 95.0 Å². The Bertz CT molecular complexity index is 1470. The van der Waals surface area contributed by atoms with Crippen LogP contribution in [0.15, 0.2) is 78.9 Å². The molecule has 0 saturated heterocycles. The van der Waals surface area contributed by atoms with Crippen molar-refractivity contribution in [2.24, 2.45) is 0 Å². The van der Waals surface area contributed by atoms with Gasteiger partial charge in [-0.05, 0) is 40.8 Å². The fourth-order valence-corrected chi connectivity index (χ4v) is 4.06. The molecule has 0 saturated carbocycles. The van der Waals surface area contributed by atoms with Gasteiger partial charge in [0.05, 0.1) is 19.0 Å². The van der Waals surface area contributed by atoms with E-state index >= 15 is 0 Å². The first-order valence-corrected chi connectivity index (χ1v) is 14.1. The SMILES string of the molecule is O=C(O)C(F)(F)F.O=C(O)CC(NC(=O)CNC(=O)CCNC(=O)NCCc1cccc(Cl)c1)c1ccc(-c2ccccc2)cc1. The van der Waals surface area contributed by atoms with Gasteiger partial charge in [-0.3, -0.25) is 14.4 Å². The van der Waals surface area contributed by atoms with Gasteiger partial charge in [0, 0.05) is 24.5 Å². The standard InChI is InChI=1S/C29H31ClN4O5.C2HF3O2/c30-24-8-4-5-20(17-24)13-15-31-29(39)32-16-14-26(35)33-19-27(36)34-25(18-28(37)38)23-11-9-22(10-12-23)21-6-2-1-3-7-21;3-2(4,5)1(6)7/h1-12,17,25H,13-16,18-19H2,(H,33,35)(H,34,36)(H,37,38)(H2,31,32,39);(H,6,7). The maximum Gasteiger partial charge on any atom is 0.490 e. The molecule has 0 aliphatic carbocycles. The predicted molar refractivity (Wildman–Crippen MR) is 163 cm³/mol. The van der Waals surface area contributed by atoms with E-state index in [2.05, 4.69) is 21.3 Å². The molecule has 3 aromatic rings. The first kappa shape index (κ1) is 37.1. The van der Waals surface area contributed by atoms with Gasteiger partial charge in [0.15, 0.2) is 0 Å². The fourth-order valence-electron chi connectivity index (χ4n) is 3.84. The second kappa shape index (κ2) is 18.6. The summed E-state index contributed by atoms with van der Waals surface area (Å²) < 4.78 is 31.7. The Morgan fingerprint density at radius 1 is 0.761 bits per heavy atom. The van der Waals surface area contributed by atoms with Crippen molar-refractivity contribution in [3.63, 3.8) is 0 Å². The number of urea groups is 1. The van der Waals surface area contributed by atoms with Gasteiger partial charge in [0.2, 0.25) is 11.8 Å². The number of carboxylic acids is 2. The van der Waals surface area contributed by atoms with Crippen LogP contribution < -0.4 is 21.3 Å². The molecular weight excluding hydrogens is 633 g/mol. The second-order valence-electron chi connectivity index (χ2n) is 9.60. The first-order valence-electron chi connectivity index (χ1n) is 13.7. The molecule has 4 amide bonds. The zero-order chi connectivity index (χ0) is 34.1. The van der Waals surface area contributed by atoms with Crippen LogP contribution in [-0.4, -0.2) is 65.8 Å². The molecule has 0 fully saturated rings. The molecule has 1 unspecified atom stereocenters. The Morgan fingerprint density at radius 2 is 1.37 bits per heavy atom. The van der Waals surface area contributed by atoms with E-state index in [4.69, 9.17) is 21.5 Å². The number of halogens is 4. The summed E-state index contributed by atoms with van der Waals surface area (Å²) in [5.41, 5.74) is 3.63. The van der Waals surface area contributed by atoms with Crippen molar-refractivity contribution >= 4 is 41.4 Å².